The SMILES string of the molecule is CC(C)Oc1ccc(-c2nc(-c3cccc4c3C3CC3C4NCC(=O)N(C)C)no2)cc1C#N. The van der Waals surface area contributed by atoms with E-state index in [0.717, 1.165) is 12.0 Å². The number of benzene rings is 2. The number of amides is 1. The summed E-state index contributed by atoms with van der Waals surface area (Å²) in [7, 11) is 3.53. The molecule has 0 radical (unpaired) electrons. The molecule has 0 spiro atoms. The van der Waals surface area contributed by atoms with Gasteiger partial charge in [0, 0.05) is 31.3 Å². The summed E-state index contributed by atoms with van der Waals surface area (Å²) in [6.07, 6.45) is 1.06. The highest BCUT2D eigenvalue weighted by atomic mass is 16.5. The van der Waals surface area contributed by atoms with E-state index in [4.69, 9.17) is 9.26 Å². The summed E-state index contributed by atoms with van der Waals surface area (Å²) in [5.41, 5.74) is 4.51. The maximum atomic E-state index is 12.1. The van der Waals surface area contributed by atoms with E-state index in [1.807, 2.05) is 32.0 Å². The number of carbonyl (C=O) groups is 1. The molecule has 2 aliphatic rings. The molecule has 5 rings (SSSR count). The van der Waals surface area contributed by atoms with Crippen LogP contribution in [0.15, 0.2) is 40.9 Å². The third-order valence-electron chi connectivity index (χ3n) is 6.46. The van der Waals surface area contributed by atoms with Crippen LogP contribution in [0.4, 0.5) is 0 Å². The van der Waals surface area contributed by atoms with Gasteiger partial charge >= 0.3 is 0 Å². The standard InChI is InChI=1S/C26H27N5O3/c1-14(2)33-21-9-8-15(10-16(21)12-27)26-29-25(30-34-26)18-7-5-6-17-23(18)19-11-20(19)24(17)28-13-22(32)31(3)4/h5-10,14,19-20,24,28H,11,13H2,1-4H3. The smallest absolute Gasteiger partial charge is 0.258 e. The number of aromatic nitrogens is 2. The fraction of sp³-hybridized carbons (Fsp3) is 0.385. The van der Waals surface area contributed by atoms with Crippen molar-refractivity contribution in [2.45, 2.75) is 38.3 Å². The van der Waals surface area contributed by atoms with E-state index in [1.54, 1.807) is 31.1 Å². The number of nitrogens with zero attached hydrogens (tertiary/aromatic N) is 4. The van der Waals surface area contributed by atoms with Crippen molar-refractivity contribution in [3.8, 4) is 34.7 Å². The highest BCUT2D eigenvalue weighted by Gasteiger charge is 2.53. The Kier molecular flexibility index (Phi) is 5.58. The van der Waals surface area contributed by atoms with Gasteiger partial charge in [-0.3, -0.25) is 4.79 Å². The van der Waals surface area contributed by atoms with Gasteiger partial charge in [0.15, 0.2) is 0 Å². The fourth-order valence-electron chi connectivity index (χ4n) is 4.78. The van der Waals surface area contributed by atoms with E-state index in [-0.39, 0.29) is 18.1 Å². The Morgan fingerprint density at radius 3 is 2.88 bits per heavy atom. The van der Waals surface area contributed by atoms with E-state index in [0.29, 0.717) is 47.0 Å². The molecule has 1 aromatic heterocycles. The molecule has 8 nitrogen and oxygen atoms in total. The number of carbonyl (C=O) groups excluding carboxylic acids is 1. The zero-order valence-electron chi connectivity index (χ0n) is 19.7. The Hall–Kier alpha value is -3.70. The van der Waals surface area contributed by atoms with Crippen molar-refractivity contribution < 1.29 is 14.1 Å². The van der Waals surface area contributed by atoms with E-state index >= 15 is 0 Å². The Balaban J connectivity index is 1.42. The van der Waals surface area contributed by atoms with E-state index in [2.05, 4.69) is 27.6 Å². The average molecular weight is 458 g/mol. The molecule has 2 aliphatic carbocycles. The quantitative estimate of drug-likeness (QED) is 0.574. The van der Waals surface area contributed by atoms with Gasteiger partial charge in [-0.1, -0.05) is 23.4 Å². The molecule has 3 atom stereocenters. The van der Waals surface area contributed by atoms with Crippen LogP contribution in [0.3, 0.4) is 0 Å². The summed E-state index contributed by atoms with van der Waals surface area (Å²) in [5.74, 6) is 2.42. The second-order valence-corrected chi connectivity index (χ2v) is 9.37. The highest BCUT2D eigenvalue weighted by Crippen LogP contribution is 2.63. The molecule has 34 heavy (non-hydrogen) atoms. The molecule has 3 aromatic rings. The minimum Gasteiger partial charge on any atom is -0.490 e. The fourth-order valence-corrected chi connectivity index (χ4v) is 4.78. The van der Waals surface area contributed by atoms with Crippen LogP contribution in [-0.2, 0) is 4.79 Å². The summed E-state index contributed by atoms with van der Waals surface area (Å²) in [6.45, 7) is 4.15. The molecular formula is C26H27N5O3. The third-order valence-corrected chi connectivity index (χ3v) is 6.46. The van der Waals surface area contributed by atoms with Crippen LogP contribution < -0.4 is 10.1 Å². The summed E-state index contributed by atoms with van der Waals surface area (Å²) in [6, 6.07) is 13.8. The predicted molar refractivity (Wildman–Crippen MR) is 126 cm³/mol. The van der Waals surface area contributed by atoms with Gasteiger partial charge in [-0.05, 0) is 61.4 Å². The van der Waals surface area contributed by atoms with Crippen molar-refractivity contribution in [3.05, 3.63) is 53.1 Å². The van der Waals surface area contributed by atoms with Crippen LogP contribution in [0.2, 0.25) is 0 Å². The normalized spacial score (nSPS) is 19.9. The molecule has 0 bridgehead atoms. The lowest BCUT2D eigenvalue weighted by Crippen LogP contribution is -2.35. The van der Waals surface area contributed by atoms with Gasteiger partial charge in [0.1, 0.15) is 11.8 Å². The van der Waals surface area contributed by atoms with Crippen LogP contribution in [0.25, 0.3) is 22.8 Å². The monoisotopic (exact) mass is 457 g/mol. The molecule has 0 aliphatic heterocycles. The third kappa shape index (κ3) is 3.93. The van der Waals surface area contributed by atoms with Crippen molar-refractivity contribution in [3.63, 3.8) is 0 Å². The molecule has 1 fully saturated rings. The van der Waals surface area contributed by atoms with Crippen LogP contribution in [0.1, 0.15) is 48.9 Å². The highest BCUT2D eigenvalue weighted by molar-refractivity contribution is 5.78. The molecule has 1 heterocycles. The molecule has 1 amide bonds. The summed E-state index contributed by atoms with van der Waals surface area (Å²) in [4.78, 5) is 18.3. The Morgan fingerprint density at radius 1 is 1.32 bits per heavy atom. The first-order chi connectivity index (χ1) is 16.4. The largest absolute Gasteiger partial charge is 0.490 e. The maximum absolute atomic E-state index is 12.1. The van der Waals surface area contributed by atoms with Crippen molar-refractivity contribution in [1.82, 2.24) is 20.4 Å². The van der Waals surface area contributed by atoms with Gasteiger partial charge in [0.2, 0.25) is 11.7 Å². The minimum absolute atomic E-state index is 0.0290. The molecule has 8 heteroatoms. The van der Waals surface area contributed by atoms with Crippen molar-refractivity contribution >= 4 is 5.91 Å². The van der Waals surface area contributed by atoms with Crippen LogP contribution in [0, 0.1) is 17.2 Å². The second kappa shape index (κ2) is 8.58. The van der Waals surface area contributed by atoms with Crippen LogP contribution >= 0.6 is 0 Å². The topological polar surface area (TPSA) is 104 Å². The van der Waals surface area contributed by atoms with Gasteiger partial charge in [-0.25, -0.2) is 0 Å². The van der Waals surface area contributed by atoms with Crippen molar-refractivity contribution in [2.24, 2.45) is 5.92 Å². The molecule has 1 saturated carbocycles. The number of hydrogen-bond donors (Lipinski definition) is 1. The van der Waals surface area contributed by atoms with Crippen LogP contribution in [0.5, 0.6) is 5.75 Å². The zero-order valence-corrected chi connectivity index (χ0v) is 19.7. The van der Waals surface area contributed by atoms with Gasteiger partial charge in [0.05, 0.1) is 18.2 Å². The number of rotatable bonds is 7. The van der Waals surface area contributed by atoms with Gasteiger partial charge in [-0.2, -0.15) is 10.2 Å². The van der Waals surface area contributed by atoms with Gasteiger partial charge < -0.3 is 19.5 Å². The molecule has 174 valence electrons. The number of hydrogen-bond acceptors (Lipinski definition) is 7. The molecule has 3 unspecified atom stereocenters. The molecule has 0 saturated heterocycles. The number of nitrogens with one attached hydrogen (secondary N) is 1. The first kappa shape index (κ1) is 22.1. The van der Waals surface area contributed by atoms with Crippen LogP contribution in [-0.4, -0.2) is 47.7 Å². The maximum Gasteiger partial charge on any atom is 0.258 e. The molecule has 2 aromatic carbocycles. The summed E-state index contributed by atoms with van der Waals surface area (Å²) in [5, 5.41) is 17.2. The Labute approximate surface area is 198 Å². The van der Waals surface area contributed by atoms with E-state index in [1.165, 1.54) is 11.1 Å². The predicted octanol–water partition coefficient (Wildman–Crippen LogP) is 3.90. The average Bonchev–Trinajstić information content (AvgIpc) is 3.31. The second-order valence-electron chi connectivity index (χ2n) is 9.37. The van der Waals surface area contributed by atoms with Gasteiger partial charge in [0.25, 0.3) is 5.89 Å². The first-order valence-corrected chi connectivity index (χ1v) is 11.5. The summed E-state index contributed by atoms with van der Waals surface area (Å²) < 4.78 is 11.3. The van der Waals surface area contributed by atoms with E-state index in [9.17, 15) is 10.1 Å². The number of ether oxygens (including phenoxy) is 1. The molecular weight excluding hydrogens is 430 g/mol. The lowest BCUT2D eigenvalue weighted by molar-refractivity contribution is -0.127. The summed E-state index contributed by atoms with van der Waals surface area (Å²) >= 11 is 0. The van der Waals surface area contributed by atoms with Crippen molar-refractivity contribution in [2.75, 3.05) is 20.6 Å². The lowest BCUT2D eigenvalue weighted by Gasteiger charge is -2.19. The van der Waals surface area contributed by atoms with E-state index < -0.39 is 0 Å². The Bertz CT molecular complexity index is 1290. The number of likely N-dealkylation sites (N-methyl/N-ethyl adjacent to an activating group) is 1. The zero-order chi connectivity index (χ0) is 24.0. The molecule has 1 N–H and O–H groups in total. The minimum atomic E-state index is -0.0290. The number of nitriles is 1. The van der Waals surface area contributed by atoms with Crippen molar-refractivity contribution in [1.29, 1.82) is 5.26 Å². The lowest BCUT2D eigenvalue weighted by atomic mass is 9.97. The first-order valence-electron chi connectivity index (χ1n) is 11.5. The Morgan fingerprint density at radius 2 is 2.15 bits per heavy atom. The number of fused-ring (bicyclic) bond motifs is 3. The van der Waals surface area contributed by atoms with Gasteiger partial charge in [-0.15, -0.1) is 0 Å².